The third-order valence-corrected chi connectivity index (χ3v) is 3.30. The Labute approximate surface area is 129 Å². The van der Waals surface area contributed by atoms with Crippen molar-refractivity contribution >= 4 is 11.9 Å². The van der Waals surface area contributed by atoms with Crippen molar-refractivity contribution in [2.24, 2.45) is 5.92 Å². The highest BCUT2D eigenvalue weighted by Crippen LogP contribution is 2.15. The van der Waals surface area contributed by atoms with E-state index in [2.05, 4.69) is 0 Å². The lowest BCUT2D eigenvalue weighted by Crippen LogP contribution is -2.30. The Morgan fingerprint density at radius 2 is 1.45 bits per heavy atom. The monoisotopic (exact) mass is 297 g/mol. The van der Waals surface area contributed by atoms with Gasteiger partial charge in [-0.05, 0) is 17.5 Å². The number of carbonyl (C=O) groups excluding carboxylic acids is 2. The molecule has 2 rings (SSSR count). The average molecular weight is 297 g/mol. The van der Waals surface area contributed by atoms with Crippen molar-refractivity contribution in [3.63, 3.8) is 0 Å². The summed E-state index contributed by atoms with van der Waals surface area (Å²) in [6.45, 7) is 0.137. The molecule has 1 atom stereocenters. The summed E-state index contributed by atoms with van der Waals surface area (Å²) in [5, 5.41) is 10.9. The van der Waals surface area contributed by atoms with Gasteiger partial charge in [-0.2, -0.15) is 0 Å². The van der Waals surface area contributed by atoms with E-state index in [1.54, 1.807) is 0 Å². The molecule has 0 aliphatic carbocycles. The number of rotatable bonds is 7. The number of carboxylic acid groups (broad SMARTS) is 1. The van der Waals surface area contributed by atoms with Gasteiger partial charge in [0.1, 0.15) is 6.61 Å². The van der Waals surface area contributed by atoms with Gasteiger partial charge >= 0.3 is 5.97 Å². The lowest BCUT2D eigenvalue weighted by atomic mass is 9.96. The van der Waals surface area contributed by atoms with E-state index in [-0.39, 0.29) is 13.0 Å². The van der Waals surface area contributed by atoms with E-state index >= 15 is 0 Å². The van der Waals surface area contributed by atoms with Crippen molar-refractivity contribution in [2.45, 2.75) is 19.4 Å². The Hall–Kier alpha value is -2.62. The fourth-order valence-corrected chi connectivity index (χ4v) is 2.19. The maximum atomic E-state index is 12.1. The van der Waals surface area contributed by atoms with Crippen LogP contribution in [0.2, 0.25) is 0 Å². The fraction of sp³-hybridized carbons (Fsp3) is 0.222. The Bertz CT molecular complexity index is 607. The van der Waals surface area contributed by atoms with Gasteiger partial charge in [0.25, 0.3) is 0 Å². The summed E-state index contributed by atoms with van der Waals surface area (Å²) in [5.41, 5.74) is 1.76. The molecule has 0 aliphatic heterocycles. The molecule has 0 amide bonds. The Kier molecular flexibility index (Phi) is 5.72. The second-order valence-corrected chi connectivity index (χ2v) is 5.06. The van der Waals surface area contributed by atoms with Gasteiger partial charge in [-0.15, -0.1) is 0 Å². The predicted molar refractivity (Wildman–Crippen MR) is 79.5 cm³/mol. The molecule has 0 N–H and O–H groups in total. The zero-order valence-electron chi connectivity index (χ0n) is 12.1. The first-order valence-corrected chi connectivity index (χ1v) is 7.09. The first-order valence-electron chi connectivity index (χ1n) is 7.09. The lowest BCUT2D eigenvalue weighted by molar-refractivity contribution is -0.306. The van der Waals surface area contributed by atoms with Crippen LogP contribution in [0.1, 0.15) is 17.5 Å². The largest absolute Gasteiger partial charge is 0.550 e. The number of hydrogen-bond acceptors (Lipinski definition) is 4. The summed E-state index contributed by atoms with van der Waals surface area (Å²) in [7, 11) is 0. The van der Waals surface area contributed by atoms with Crippen LogP contribution in [0.4, 0.5) is 0 Å². The highest BCUT2D eigenvalue weighted by molar-refractivity contribution is 5.78. The zero-order valence-corrected chi connectivity index (χ0v) is 12.1. The van der Waals surface area contributed by atoms with E-state index in [0.29, 0.717) is 6.42 Å². The summed E-state index contributed by atoms with van der Waals surface area (Å²) in [6.07, 6.45) is -0.0229. The second kappa shape index (κ2) is 7.98. The molecule has 0 saturated carbocycles. The van der Waals surface area contributed by atoms with Crippen molar-refractivity contribution in [3.8, 4) is 0 Å². The first kappa shape index (κ1) is 15.8. The highest BCUT2D eigenvalue weighted by atomic mass is 16.5. The molecule has 0 fully saturated rings. The van der Waals surface area contributed by atoms with Crippen molar-refractivity contribution in [1.29, 1.82) is 0 Å². The Morgan fingerprint density at radius 1 is 0.909 bits per heavy atom. The summed E-state index contributed by atoms with van der Waals surface area (Å²) >= 11 is 0. The molecule has 0 unspecified atom stereocenters. The van der Waals surface area contributed by atoms with Crippen LogP contribution in [-0.2, 0) is 27.4 Å². The van der Waals surface area contributed by atoms with Gasteiger partial charge in [-0.3, -0.25) is 4.79 Å². The number of aliphatic carboxylic acids is 1. The number of carbonyl (C=O) groups is 2. The van der Waals surface area contributed by atoms with Crippen molar-refractivity contribution in [3.05, 3.63) is 71.8 Å². The summed E-state index contributed by atoms with van der Waals surface area (Å²) < 4.78 is 5.23. The van der Waals surface area contributed by atoms with Crippen LogP contribution < -0.4 is 5.11 Å². The SMILES string of the molecule is O=C([O-])C[C@@H](Cc1ccccc1)C(=O)OCc1ccccc1. The summed E-state index contributed by atoms with van der Waals surface area (Å²) in [5.74, 6) is -2.51. The molecular formula is C18H17O4-. The van der Waals surface area contributed by atoms with E-state index < -0.39 is 17.9 Å². The molecule has 2 aromatic rings. The van der Waals surface area contributed by atoms with Gasteiger partial charge < -0.3 is 14.6 Å². The molecule has 0 aromatic heterocycles. The molecule has 2 aromatic carbocycles. The van der Waals surface area contributed by atoms with Crippen molar-refractivity contribution in [2.75, 3.05) is 0 Å². The van der Waals surface area contributed by atoms with E-state index in [1.165, 1.54) is 0 Å². The predicted octanol–water partition coefficient (Wildman–Crippen LogP) is 1.73. The van der Waals surface area contributed by atoms with E-state index in [9.17, 15) is 14.7 Å². The molecule has 4 nitrogen and oxygen atoms in total. The molecule has 114 valence electrons. The van der Waals surface area contributed by atoms with Crippen LogP contribution in [0.5, 0.6) is 0 Å². The normalized spacial score (nSPS) is 11.6. The number of carboxylic acids is 1. The Balaban J connectivity index is 1.98. The fourth-order valence-electron chi connectivity index (χ4n) is 2.19. The lowest BCUT2D eigenvalue weighted by Gasteiger charge is -2.16. The maximum absolute atomic E-state index is 12.1. The molecule has 4 heteroatoms. The molecule has 0 saturated heterocycles. The molecular weight excluding hydrogens is 280 g/mol. The minimum absolute atomic E-state index is 0.137. The zero-order chi connectivity index (χ0) is 15.8. The maximum Gasteiger partial charge on any atom is 0.309 e. The van der Waals surface area contributed by atoms with Crippen LogP contribution in [0.25, 0.3) is 0 Å². The molecule has 0 heterocycles. The van der Waals surface area contributed by atoms with Crippen molar-refractivity contribution < 1.29 is 19.4 Å². The van der Waals surface area contributed by atoms with E-state index in [1.807, 2.05) is 60.7 Å². The van der Waals surface area contributed by atoms with Gasteiger partial charge in [0.05, 0.1) is 5.92 Å². The van der Waals surface area contributed by atoms with Gasteiger partial charge in [0, 0.05) is 12.4 Å². The van der Waals surface area contributed by atoms with Crippen molar-refractivity contribution in [1.82, 2.24) is 0 Å². The smallest absolute Gasteiger partial charge is 0.309 e. The van der Waals surface area contributed by atoms with Gasteiger partial charge in [-0.25, -0.2) is 0 Å². The summed E-state index contributed by atoms with van der Waals surface area (Å²) in [4.78, 5) is 23.0. The molecule has 0 aliphatic rings. The van der Waals surface area contributed by atoms with E-state index in [0.717, 1.165) is 11.1 Å². The number of ether oxygens (including phenoxy) is 1. The minimum atomic E-state index is -1.25. The first-order chi connectivity index (χ1) is 10.6. The standard InChI is InChI=1S/C18H18O4/c19-17(20)12-16(11-14-7-3-1-4-8-14)18(21)22-13-15-9-5-2-6-10-15/h1-10,16H,11-13H2,(H,19,20)/p-1/t16-/m1/s1. The Morgan fingerprint density at radius 3 is 2.00 bits per heavy atom. The van der Waals surface area contributed by atoms with Crippen LogP contribution in [0.15, 0.2) is 60.7 Å². The van der Waals surface area contributed by atoms with Gasteiger partial charge in [-0.1, -0.05) is 60.7 Å². The van der Waals surface area contributed by atoms with Crippen LogP contribution in [0.3, 0.4) is 0 Å². The molecule has 22 heavy (non-hydrogen) atoms. The summed E-state index contributed by atoms with van der Waals surface area (Å²) in [6, 6.07) is 18.5. The van der Waals surface area contributed by atoms with E-state index in [4.69, 9.17) is 4.74 Å². The van der Waals surface area contributed by atoms with Gasteiger partial charge in [0.2, 0.25) is 0 Å². The number of esters is 1. The van der Waals surface area contributed by atoms with Crippen LogP contribution >= 0.6 is 0 Å². The van der Waals surface area contributed by atoms with Crippen LogP contribution in [0, 0.1) is 5.92 Å². The third-order valence-electron chi connectivity index (χ3n) is 3.30. The number of benzene rings is 2. The van der Waals surface area contributed by atoms with Gasteiger partial charge in [0.15, 0.2) is 0 Å². The minimum Gasteiger partial charge on any atom is -0.550 e. The number of hydrogen-bond donors (Lipinski definition) is 0. The van der Waals surface area contributed by atoms with Crippen LogP contribution in [-0.4, -0.2) is 11.9 Å². The second-order valence-electron chi connectivity index (χ2n) is 5.06. The molecule has 0 spiro atoms. The average Bonchev–Trinajstić information content (AvgIpc) is 2.53. The topological polar surface area (TPSA) is 66.4 Å². The molecule has 0 bridgehead atoms. The molecule has 0 radical (unpaired) electrons. The highest BCUT2D eigenvalue weighted by Gasteiger charge is 2.21. The quantitative estimate of drug-likeness (QED) is 0.730. The third kappa shape index (κ3) is 5.05.